The quantitative estimate of drug-likeness (QED) is 0.821. The van der Waals surface area contributed by atoms with Crippen LogP contribution < -0.4 is 5.32 Å². The third-order valence-corrected chi connectivity index (χ3v) is 2.91. The zero-order valence-electron chi connectivity index (χ0n) is 11.3. The maximum atomic E-state index is 10.3. The molecule has 0 aromatic carbocycles. The molecule has 0 aliphatic carbocycles. The fourth-order valence-corrected chi connectivity index (χ4v) is 2.32. The SMILES string of the molecule is CC(C)CC(C)(O)CNc1cc(Cl)nc2ncnn12. The largest absolute Gasteiger partial charge is 0.388 e. The number of rotatable bonds is 5. The summed E-state index contributed by atoms with van der Waals surface area (Å²) in [6.07, 6.45) is 2.12. The van der Waals surface area contributed by atoms with E-state index in [2.05, 4.69) is 34.2 Å². The molecule has 6 nitrogen and oxygen atoms in total. The second-order valence-corrected chi connectivity index (χ2v) is 5.77. The van der Waals surface area contributed by atoms with Gasteiger partial charge in [-0.1, -0.05) is 25.4 Å². The second kappa shape index (κ2) is 5.30. The first kappa shape index (κ1) is 14.0. The highest BCUT2D eigenvalue weighted by Crippen LogP contribution is 2.19. The third-order valence-electron chi connectivity index (χ3n) is 2.72. The number of hydrogen-bond donors (Lipinski definition) is 2. The maximum Gasteiger partial charge on any atom is 0.255 e. The van der Waals surface area contributed by atoms with Crippen LogP contribution in [-0.2, 0) is 0 Å². The van der Waals surface area contributed by atoms with E-state index in [1.54, 1.807) is 17.5 Å². The summed E-state index contributed by atoms with van der Waals surface area (Å²) >= 11 is 5.92. The van der Waals surface area contributed by atoms with Crippen molar-refractivity contribution < 1.29 is 5.11 Å². The number of anilines is 1. The van der Waals surface area contributed by atoms with E-state index in [0.29, 0.717) is 35.6 Å². The monoisotopic (exact) mass is 283 g/mol. The number of nitrogens with zero attached hydrogens (tertiary/aromatic N) is 4. The Hall–Kier alpha value is -1.40. The number of aliphatic hydroxyl groups is 1. The Morgan fingerprint density at radius 1 is 1.53 bits per heavy atom. The predicted molar refractivity (Wildman–Crippen MR) is 74.4 cm³/mol. The standard InChI is InChI=1S/C12H18ClN5O/c1-8(2)5-12(3,19)6-14-10-4-9(13)17-11-15-7-16-18(10)11/h4,7-8,14,19H,5-6H2,1-3H3. The number of halogens is 1. The molecule has 2 aromatic heterocycles. The summed E-state index contributed by atoms with van der Waals surface area (Å²) in [7, 11) is 0. The number of aromatic nitrogens is 4. The fourth-order valence-electron chi connectivity index (χ4n) is 2.14. The molecule has 1 atom stereocenters. The third kappa shape index (κ3) is 3.54. The summed E-state index contributed by atoms with van der Waals surface area (Å²) in [5, 5.41) is 17.8. The van der Waals surface area contributed by atoms with Gasteiger partial charge < -0.3 is 10.4 Å². The number of nitrogens with one attached hydrogen (secondary N) is 1. The highest BCUT2D eigenvalue weighted by atomic mass is 35.5. The van der Waals surface area contributed by atoms with Gasteiger partial charge in [0.1, 0.15) is 17.3 Å². The molecule has 0 fully saturated rings. The highest BCUT2D eigenvalue weighted by molar-refractivity contribution is 6.29. The van der Waals surface area contributed by atoms with Crippen LogP contribution in [-0.4, -0.2) is 36.8 Å². The summed E-state index contributed by atoms with van der Waals surface area (Å²) in [4.78, 5) is 8.03. The normalized spacial score (nSPS) is 14.8. The lowest BCUT2D eigenvalue weighted by Crippen LogP contribution is -2.35. The Bertz CT molecular complexity index is 566. The summed E-state index contributed by atoms with van der Waals surface area (Å²) in [5.74, 6) is 1.51. The van der Waals surface area contributed by atoms with E-state index in [-0.39, 0.29) is 0 Å². The van der Waals surface area contributed by atoms with Gasteiger partial charge in [-0.15, -0.1) is 0 Å². The molecule has 0 radical (unpaired) electrons. The van der Waals surface area contributed by atoms with Crippen LogP contribution in [0.25, 0.3) is 5.78 Å². The van der Waals surface area contributed by atoms with E-state index < -0.39 is 5.60 Å². The minimum Gasteiger partial charge on any atom is -0.388 e. The molecule has 7 heteroatoms. The topological polar surface area (TPSA) is 75.3 Å². The first-order valence-corrected chi connectivity index (χ1v) is 6.58. The maximum absolute atomic E-state index is 10.3. The average Bonchev–Trinajstić information content (AvgIpc) is 2.71. The van der Waals surface area contributed by atoms with Crippen molar-refractivity contribution >= 4 is 23.2 Å². The molecular weight excluding hydrogens is 266 g/mol. The van der Waals surface area contributed by atoms with Crippen molar-refractivity contribution in [3.63, 3.8) is 0 Å². The zero-order chi connectivity index (χ0) is 14.0. The van der Waals surface area contributed by atoms with Crippen molar-refractivity contribution in [2.45, 2.75) is 32.8 Å². The lowest BCUT2D eigenvalue weighted by molar-refractivity contribution is 0.0514. The van der Waals surface area contributed by atoms with E-state index in [1.807, 2.05) is 0 Å². The van der Waals surface area contributed by atoms with Crippen molar-refractivity contribution in [3.8, 4) is 0 Å². The van der Waals surface area contributed by atoms with Crippen LogP contribution >= 0.6 is 11.6 Å². The molecule has 2 N–H and O–H groups in total. The number of hydrogen-bond acceptors (Lipinski definition) is 5. The van der Waals surface area contributed by atoms with Crippen LogP contribution in [0, 0.1) is 5.92 Å². The molecule has 2 aromatic rings. The molecule has 19 heavy (non-hydrogen) atoms. The fraction of sp³-hybridized carbons (Fsp3) is 0.583. The molecule has 0 spiro atoms. The molecule has 0 bridgehead atoms. The van der Waals surface area contributed by atoms with E-state index in [1.165, 1.54) is 6.33 Å². The van der Waals surface area contributed by atoms with Gasteiger partial charge in [0, 0.05) is 12.6 Å². The van der Waals surface area contributed by atoms with Gasteiger partial charge in [0.05, 0.1) is 5.60 Å². The van der Waals surface area contributed by atoms with Crippen LogP contribution in [0.2, 0.25) is 5.15 Å². The van der Waals surface area contributed by atoms with E-state index in [4.69, 9.17) is 11.6 Å². The van der Waals surface area contributed by atoms with E-state index in [0.717, 1.165) is 0 Å². The smallest absolute Gasteiger partial charge is 0.255 e. The van der Waals surface area contributed by atoms with Crippen LogP contribution in [0.4, 0.5) is 5.82 Å². The van der Waals surface area contributed by atoms with Gasteiger partial charge in [0.15, 0.2) is 0 Å². The number of fused-ring (bicyclic) bond motifs is 1. The molecule has 2 rings (SSSR count). The second-order valence-electron chi connectivity index (χ2n) is 5.38. The van der Waals surface area contributed by atoms with Crippen molar-refractivity contribution in [1.29, 1.82) is 0 Å². The van der Waals surface area contributed by atoms with Crippen LogP contribution in [0.5, 0.6) is 0 Å². The van der Waals surface area contributed by atoms with Crippen LogP contribution in [0.1, 0.15) is 27.2 Å². The molecule has 2 heterocycles. The van der Waals surface area contributed by atoms with Crippen molar-refractivity contribution in [3.05, 3.63) is 17.5 Å². The summed E-state index contributed by atoms with van der Waals surface area (Å²) in [6, 6.07) is 1.66. The minimum atomic E-state index is -0.795. The lowest BCUT2D eigenvalue weighted by atomic mass is 9.94. The first-order valence-electron chi connectivity index (χ1n) is 6.20. The molecule has 0 saturated heterocycles. The Balaban J connectivity index is 2.15. The van der Waals surface area contributed by atoms with Gasteiger partial charge in [-0.05, 0) is 19.3 Å². The molecule has 0 saturated carbocycles. The van der Waals surface area contributed by atoms with Gasteiger partial charge >= 0.3 is 0 Å². The Labute approximate surface area is 116 Å². The Kier molecular flexibility index (Phi) is 3.91. The molecule has 0 aliphatic rings. The zero-order valence-corrected chi connectivity index (χ0v) is 12.0. The van der Waals surface area contributed by atoms with Gasteiger partial charge in [-0.3, -0.25) is 0 Å². The van der Waals surface area contributed by atoms with Gasteiger partial charge in [-0.25, -0.2) is 0 Å². The minimum absolute atomic E-state index is 0.339. The van der Waals surface area contributed by atoms with E-state index in [9.17, 15) is 5.11 Å². The van der Waals surface area contributed by atoms with Gasteiger partial charge in [-0.2, -0.15) is 19.6 Å². The summed E-state index contributed by atoms with van der Waals surface area (Å²) < 4.78 is 1.55. The Morgan fingerprint density at radius 2 is 2.26 bits per heavy atom. The van der Waals surface area contributed by atoms with Crippen LogP contribution in [0.3, 0.4) is 0 Å². The van der Waals surface area contributed by atoms with Crippen LogP contribution in [0.15, 0.2) is 12.4 Å². The van der Waals surface area contributed by atoms with E-state index >= 15 is 0 Å². The van der Waals surface area contributed by atoms with Crippen molar-refractivity contribution in [1.82, 2.24) is 19.6 Å². The highest BCUT2D eigenvalue weighted by Gasteiger charge is 2.22. The molecule has 104 valence electrons. The average molecular weight is 284 g/mol. The lowest BCUT2D eigenvalue weighted by Gasteiger charge is -2.26. The van der Waals surface area contributed by atoms with Gasteiger partial charge in [0.2, 0.25) is 0 Å². The van der Waals surface area contributed by atoms with Crippen molar-refractivity contribution in [2.75, 3.05) is 11.9 Å². The van der Waals surface area contributed by atoms with Gasteiger partial charge in [0.25, 0.3) is 5.78 Å². The molecule has 0 aliphatic heterocycles. The Morgan fingerprint density at radius 3 is 2.95 bits per heavy atom. The summed E-state index contributed by atoms with van der Waals surface area (Å²) in [6.45, 7) is 6.36. The van der Waals surface area contributed by atoms with Crippen molar-refractivity contribution in [2.24, 2.45) is 5.92 Å². The predicted octanol–water partition coefficient (Wildman–Crippen LogP) is 1.99. The molecular formula is C12H18ClN5O. The summed E-state index contributed by atoms with van der Waals surface area (Å²) in [5.41, 5.74) is -0.795. The molecule has 1 unspecified atom stereocenters. The first-order chi connectivity index (χ1) is 8.87. The molecule has 0 amide bonds.